The fourth-order valence-corrected chi connectivity index (χ4v) is 5.46. The molecular formula is C31H44O6. The minimum absolute atomic E-state index is 0.0826. The number of rotatable bonds is 13. The van der Waals surface area contributed by atoms with E-state index in [1.54, 1.807) is 7.11 Å². The molecule has 6 heteroatoms. The van der Waals surface area contributed by atoms with E-state index in [4.69, 9.17) is 23.7 Å². The molecule has 2 aliphatic heterocycles. The molecule has 0 aliphatic carbocycles. The van der Waals surface area contributed by atoms with Gasteiger partial charge < -0.3 is 28.8 Å². The first-order chi connectivity index (χ1) is 17.9. The third-order valence-electron chi connectivity index (χ3n) is 8.06. The fraction of sp³-hybridized carbons (Fsp3) is 0.613. The Morgan fingerprint density at radius 1 is 1.00 bits per heavy atom. The molecule has 2 aromatic rings. The van der Waals surface area contributed by atoms with Crippen molar-refractivity contribution >= 4 is 0 Å². The van der Waals surface area contributed by atoms with E-state index in [0.717, 1.165) is 43.4 Å². The number of methoxy groups -OCH3 is 1. The van der Waals surface area contributed by atoms with Gasteiger partial charge in [0.05, 0.1) is 26.4 Å². The molecule has 37 heavy (non-hydrogen) atoms. The third kappa shape index (κ3) is 5.59. The largest absolute Gasteiger partial charge is 0.497 e. The second-order valence-corrected chi connectivity index (χ2v) is 10.6. The highest BCUT2D eigenvalue weighted by molar-refractivity contribution is 5.39. The van der Waals surface area contributed by atoms with Gasteiger partial charge in [-0.2, -0.15) is 0 Å². The van der Waals surface area contributed by atoms with Crippen LogP contribution in [0.15, 0.2) is 42.5 Å². The van der Waals surface area contributed by atoms with Crippen LogP contribution in [0.4, 0.5) is 0 Å². The summed E-state index contributed by atoms with van der Waals surface area (Å²) in [6.45, 7) is 9.95. The van der Waals surface area contributed by atoms with E-state index in [9.17, 15) is 5.11 Å². The SMILES string of the molecule is CCCCOC1[C@@H](OCCCC)[C@H](C)C2(CO)COC1(c1ccc(C)c(Cc3ccc(OC)cc3)c1)O2. The molecule has 204 valence electrons. The minimum atomic E-state index is -1.14. The Bertz CT molecular complexity index is 1010. The summed E-state index contributed by atoms with van der Waals surface area (Å²) in [5, 5.41) is 10.5. The highest BCUT2D eigenvalue weighted by Gasteiger charge is 2.67. The molecule has 0 saturated carbocycles. The lowest BCUT2D eigenvalue weighted by atomic mass is 9.77. The quantitative estimate of drug-likeness (QED) is 0.355. The maximum Gasteiger partial charge on any atom is 0.225 e. The summed E-state index contributed by atoms with van der Waals surface area (Å²) in [5.74, 6) is -0.373. The van der Waals surface area contributed by atoms with Gasteiger partial charge in [-0.3, -0.25) is 0 Å². The van der Waals surface area contributed by atoms with Gasteiger partial charge in [0.1, 0.15) is 17.5 Å². The first-order valence-electron chi connectivity index (χ1n) is 13.8. The molecule has 0 radical (unpaired) electrons. The Kier molecular flexibility index (Phi) is 9.30. The maximum absolute atomic E-state index is 10.5. The smallest absolute Gasteiger partial charge is 0.225 e. The summed E-state index contributed by atoms with van der Waals surface area (Å²) < 4.78 is 31.7. The van der Waals surface area contributed by atoms with Gasteiger partial charge in [0.25, 0.3) is 0 Å². The van der Waals surface area contributed by atoms with Gasteiger partial charge in [0, 0.05) is 24.7 Å². The lowest BCUT2D eigenvalue weighted by Gasteiger charge is -2.50. The van der Waals surface area contributed by atoms with Crippen molar-refractivity contribution in [2.75, 3.05) is 33.5 Å². The molecule has 6 nitrogen and oxygen atoms in total. The molecule has 2 saturated heterocycles. The normalized spacial score (nSPS) is 29.0. The zero-order valence-electron chi connectivity index (χ0n) is 23.1. The van der Waals surface area contributed by atoms with Gasteiger partial charge in [-0.05, 0) is 61.1 Å². The molecule has 3 unspecified atom stereocenters. The number of hydrogen-bond acceptors (Lipinski definition) is 6. The summed E-state index contributed by atoms with van der Waals surface area (Å²) in [5.41, 5.74) is 3.67. The Labute approximate surface area is 222 Å². The summed E-state index contributed by atoms with van der Waals surface area (Å²) in [7, 11) is 1.68. The molecule has 2 aromatic carbocycles. The van der Waals surface area contributed by atoms with E-state index in [1.165, 1.54) is 16.7 Å². The Morgan fingerprint density at radius 2 is 1.70 bits per heavy atom. The Balaban J connectivity index is 1.72. The maximum atomic E-state index is 10.5. The van der Waals surface area contributed by atoms with E-state index in [1.807, 2.05) is 12.1 Å². The van der Waals surface area contributed by atoms with Crippen LogP contribution in [0.2, 0.25) is 0 Å². The van der Waals surface area contributed by atoms with Crippen LogP contribution in [0, 0.1) is 12.8 Å². The average Bonchev–Trinajstić information content (AvgIpc) is 3.29. The van der Waals surface area contributed by atoms with Crippen molar-refractivity contribution in [2.45, 2.75) is 83.4 Å². The predicted octanol–water partition coefficient (Wildman–Crippen LogP) is 5.55. The first kappa shape index (κ1) is 28.1. The minimum Gasteiger partial charge on any atom is -0.497 e. The van der Waals surface area contributed by atoms with Gasteiger partial charge in [0.2, 0.25) is 5.79 Å². The van der Waals surface area contributed by atoms with Gasteiger partial charge >= 0.3 is 0 Å². The van der Waals surface area contributed by atoms with Crippen LogP contribution in [0.1, 0.15) is 68.7 Å². The van der Waals surface area contributed by atoms with Crippen molar-refractivity contribution in [1.82, 2.24) is 0 Å². The second kappa shape index (κ2) is 12.3. The first-order valence-corrected chi connectivity index (χ1v) is 13.8. The number of benzene rings is 2. The van der Waals surface area contributed by atoms with Gasteiger partial charge in [0.15, 0.2) is 0 Å². The lowest BCUT2D eigenvalue weighted by Crippen LogP contribution is -2.63. The standard InChI is InChI=1S/C31H44O6/c1-6-8-16-34-28-23(4)30(20-32)21-36-31(37-30,29(28)35-17-9-7-2)26-13-10-22(3)25(19-26)18-24-11-14-27(33-5)15-12-24/h10-15,19,23,28-29,32H,6-9,16-18,20-21H2,1-5H3/t23-,28-,29?,30?,31?/m0/s1. The van der Waals surface area contributed by atoms with Crippen molar-refractivity contribution in [3.63, 3.8) is 0 Å². The Hall–Kier alpha value is -1.96. The third-order valence-corrected chi connectivity index (χ3v) is 8.06. The average molecular weight is 513 g/mol. The molecule has 0 aromatic heterocycles. The molecule has 2 fully saturated rings. The van der Waals surface area contributed by atoms with Crippen LogP contribution in [0.3, 0.4) is 0 Å². The van der Waals surface area contributed by atoms with Crippen LogP contribution < -0.4 is 4.74 Å². The van der Waals surface area contributed by atoms with Crippen LogP contribution in [-0.4, -0.2) is 56.5 Å². The van der Waals surface area contributed by atoms with Crippen LogP contribution >= 0.6 is 0 Å². The van der Waals surface area contributed by atoms with Crippen molar-refractivity contribution in [3.8, 4) is 5.75 Å². The zero-order chi connectivity index (χ0) is 26.5. The molecular weight excluding hydrogens is 468 g/mol. The van der Waals surface area contributed by atoms with E-state index in [2.05, 4.69) is 58.0 Å². The number of aliphatic hydroxyl groups excluding tert-OH is 1. The summed E-state index contributed by atoms with van der Waals surface area (Å²) in [6, 6.07) is 14.6. The number of unbranched alkanes of at least 4 members (excludes halogenated alkanes) is 2. The van der Waals surface area contributed by atoms with E-state index in [0.29, 0.717) is 19.8 Å². The molecule has 4 rings (SSSR count). The second-order valence-electron chi connectivity index (χ2n) is 10.6. The molecule has 0 spiro atoms. The van der Waals surface area contributed by atoms with Gasteiger partial charge in [-0.25, -0.2) is 0 Å². The number of aryl methyl sites for hydroxylation is 1. The number of ether oxygens (including phenoxy) is 5. The summed E-state index contributed by atoms with van der Waals surface area (Å²) in [6.07, 6.45) is 4.10. The number of hydrogen-bond donors (Lipinski definition) is 1. The fourth-order valence-electron chi connectivity index (χ4n) is 5.46. The van der Waals surface area contributed by atoms with Crippen molar-refractivity contribution in [3.05, 3.63) is 64.7 Å². The van der Waals surface area contributed by atoms with Crippen LogP contribution in [-0.2, 0) is 31.2 Å². The molecule has 1 N–H and O–H groups in total. The molecule has 2 heterocycles. The monoisotopic (exact) mass is 512 g/mol. The number of fused-ring (bicyclic) bond motifs is 2. The van der Waals surface area contributed by atoms with Crippen molar-refractivity contribution in [1.29, 1.82) is 0 Å². The van der Waals surface area contributed by atoms with E-state index in [-0.39, 0.29) is 18.6 Å². The van der Waals surface area contributed by atoms with Crippen LogP contribution in [0.5, 0.6) is 5.75 Å². The molecule has 0 amide bonds. The topological polar surface area (TPSA) is 66.4 Å². The van der Waals surface area contributed by atoms with E-state index >= 15 is 0 Å². The van der Waals surface area contributed by atoms with Crippen molar-refractivity contribution in [2.24, 2.45) is 5.92 Å². The predicted molar refractivity (Wildman–Crippen MR) is 144 cm³/mol. The Morgan fingerprint density at radius 3 is 2.35 bits per heavy atom. The molecule has 2 bridgehead atoms. The summed E-state index contributed by atoms with van der Waals surface area (Å²) in [4.78, 5) is 0. The zero-order valence-corrected chi connectivity index (χ0v) is 23.1. The highest BCUT2D eigenvalue weighted by Crippen LogP contribution is 2.53. The molecule has 5 atom stereocenters. The van der Waals surface area contributed by atoms with Gasteiger partial charge in [-0.1, -0.05) is 57.9 Å². The highest BCUT2D eigenvalue weighted by atomic mass is 16.8. The van der Waals surface area contributed by atoms with Crippen LogP contribution in [0.25, 0.3) is 0 Å². The van der Waals surface area contributed by atoms with Gasteiger partial charge in [-0.15, -0.1) is 0 Å². The molecule has 2 aliphatic rings. The number of aliphatic hydroxyl groups is 1. The van der Waals surface area contributed by atoms with E-state index < -0.39 is 17.5 Å². The van der Waals surface area contributed by atoms with Crippen molar-refractivity contribution < 1.29 is 28.8 Å². The summed E-state index contributed by atoms with van der Waals surface area (Å²) >= 11 is 0. The lowest BCUT2D eigenvalue weighted by molar-refractivity contribution is -0.333.